The van der Waals surface area contributed by atoms with Crippen molar-refractivity contribution in [2.24, 2.45) is 0 Å². The molecule has 0 atom stereocenters. The van der Waals surface area contributed by atoms with Gasteiger partial charge in [0.15, 0.2) is 0 Å². The Bertz CT molecular complexity index is 937. The van der Waals surface area contributed by atoms with E-state index >= 15 is 0 Å². The topological polar surface area (TPSA) is 79.0 Å². The highest BCUT2D eigenvalue weighted by Gasteiger charge is 2.34. The van der Waals surface area contributed by atoms with E-state index in [9.17, 15) is 13.2 Å². The van der Waals surface area contributed by atoms with Crippen molar-refractivity contribution in [3.8, 4) is 5.75 Å². The zero-order valence-corrected chi connectivity index (χ0v) is 17.0. The second-order valence-corrected chi connectivity index (χ2v) is 8.75. The quantitative estimate of drug-likeness (QED) is 0.774. The van der Waals surface area contributed by atoms with Crippen LogP contribution in [0.5, 0.6) is 5.75 Å². The van der Waals surface area contributed by atoms with Crippen LogP contribution in [0.25, 0.3) is 0 Å². The second-order valence-electron chi connectivity index (χ2n) is 6.41. The number of hydrogen-bond donors (Lipinski definition) is 1. The summed E-state index contributed by atoms with van der Waals surface area (Å²) >= 11 is 6.06. The van der Waals surface area contributed by atoms with Crippen LogP contribution in [-0.4, -0.2) is 49.7 Å². The lowest BCUT2D eigenvalue weighted by Crippen LogP contribution is -2.51. The number of benzene rings is 2. The van der Waals surface area contributed by atoms with Crippen LogP contribution in [-0.2, 0) is 21.5 Å². The zero-order valence-electron chi connectivity index (χ0n) is 15.5. The molecule has 0 radical (unpaired) electrons. The Morgan fingerprint density at radius 2 is 1.86 bits per heavy atom. The number of nitrogens with zero attached hydrogens (tertiary/aromatic N) is 2. The average molecular weight is 424 g/mol. The normalized spacial score (nSPS) is 17.2. The first-order chi connectivity index (χ1) is 13.4. The predicted molar refractivity (Wildman–Crippen MR) is 109 cm³/mol. The third-order valence-corrected chi connectivity index (χ3v) is 6.65. The molecule has 0 unspecified atom stereocenters. The van der Waals surface area contributed by atoms with Crippen LogP contribution in [0.15, 0.2) is 48.5 Å². The van der Waals surface area contributed by atoms with Crippen molar-refractivity contribution >= 4 is 33.4 Å². The molecule has 2 aromatic rings. The standard InChI is InChI=1S/C19H22ClN3O4S/c1-27-18-9-8-16(12-17(18)20)21-19(24)14-23-11-5-10-22(28(23,25)26)13-15-6-3-2-4-7-15/h2-4,6-9,12H,5,10-11,13-14H2,1H3,(H,21,24). The minimum atomic E-state index is -3.71. The van der Waals surface area contributed by atoms with E-state index in [1.165, 1.54) is 15.7 Å². The maximum atomic E-state index is 12.9. The van der Waals surface area contributed by atoms with Gasteiger partial charge in [-0.2, -0.15) is 17.0 Å². The molecule has 28 heavy (non-hydrogen) atoms. The van der Waals surface area contributed by atoms with Gasteiger partial charge >= 0.3 is 0 Å². The lowest BCUT2D eigenvalue weighted by Gasteiger charge is -2.34. The van der Waals surface area contributed by atoms with Crippen LogP contribution in [0.4, 0.5) is 5.69 Å². The molecule has 0 aromatic heterocycles. The van der Waals surface area contributed by atoms with Gasteiger partial charge in [-0.05, 0) is 30.2 Å². The number of carbonyl (C=O) groups is 1. The molecular formula is C19H22ClN3O4S. The molecule has 1 N–H and O–H groups in total. The molecule has 1 aliphatic rings. The van der Waals surface area contributed by atoms with E-state index in [4.69, 9.17) is 16.3 Å². The van der Waals surface area contributed by atoms with Gasteiger partial charge in [-0.25, -0.2) is 0 Å². The van der Waals surface area contributed by atoms with Crippen molar-refractivity contribution in [2.75, 3.05) is 32.1 Å². The van der Waals surface area contributed by atoms with Crippen LogP contribution >= 0.6 is 11.6 Å². The van der Waals surface area contributed by atoms with Crippen molar-refractivity contribution in [3.63, 3.8) is 0 Å². The molecule has 1 heterocycles. The van der Waals surface area contributed by atoms with Crippen LogP contribution in [0.2, 0.25) is 5.02 Å². The molecule has 0 aliphatic carbocycles. The lowest BCUT2D eigenvalue weighted by molar-refractivity contribution is -0.116. The summed E-state index contributed by atoms with van der Waals surface area (Å²) in [6.07, 6.45) is 0.660. The predicted octanol–water partition coefficient (Wildman–Crippen LogP) is 2.74. The molecule has 7 nitrogen and oxygen atoms in total. The number of hydrogen-bond acceptors (Lipinski definition) is 4. The summed E-state index contributed by atoms with van der Waals surface area (Å²) in [7, 11) is -2.21. The fourth-order valence-corrected chi connectivity index (χ4v) is 4.93. The summed E-state index contributed by atoms with van der Waals surface area (Å²) in [6.45, 7) is 0.778. The Morgan fingerprint density at radius 3 is 2.54 bits per heavy atom. The minimum Gasteiger partial charge on any atom is -0.495 e. The van der Waals surface area contributed by atoms with Crippen LogP contribution in [0.1, 0.15) is 12.0 Å². The monoisotopic (exact) mass is 423 g/mol. The van der Waals surface area contributed by atoms with Crippen molar-refractivity contribution in [3.05, 3.63) is 59.1 Å². The van der Waals surface area contributed by atoms with Crippen LogP contribution in [0.3, 0.4) is 0 Å². The summed E-state index contributed by atoms with van der Waals surface area (Å²) < 4.78 is 33.4. The Kier molecular flexibility index (Phi) is 6.56. The van der Waals surface area contributed by atoms with Gasteiger partial charge in [0.2, 0.25) is 5.91 Å². The molecule has 3 rings (SSSR count). The Hall–Kier alpha value is -2.13. The average Bonchev–Trinajstić information content (AvgIpc) is 2.66. The molecule has 1 fully saturated rings. The van der Waals surface area contributed by atoms with Crippen LogP contribution in [0, 0.1) is 0 Å². The van der Waals surface area contributed by atoms with Crippen LogP contribution < -0.4 is 10.1 Å². The van der Waals surface area contributed by atoms with Crippen molar-refractivity contribution in [1.29, 1.82) is 0 Å². The van der Waals surface area contributed by atoms with Crippen molar-refractivity contribution < 1.29 is 17.9 Å². The molecule has 1 amide bonds. The van der Waals surface area contributed by atoms with E-state index in [-0.39, 0.29) is 13.1 Å². The minimum absolute atomic E-state index is 0.253. The molecular weight excluding hydrogens is 402 g/mol. The van der Waals surface area contributed by atoms with Gasteiger partial charge in [-0.15, -0.1) is 0 Å². The molecule has 1 saturated heterocycles. The highest BCUT2D eigenvalue weighted by atomic mass is 35.5. The number of halogens is 1. The van der Waals surface area contributed by atoms with Gasteiger partial charge in [0.25, 0.3) is 10.2 Å². The largest absolute Gasteiger partial charge is 0.495 e. The number of ether oxygens (including phenoxy) is 1. The van der Waals surface area contributed by atoms with Gasteiger partial charge in [0.1, 0.15) is 5.75 Å². The third kappa shape index (κ3) is 4.82. The zero-order chi connectivity index (χ0) is 20.1. The first-order valence-electron chi connectivity index (χ1n) is 8.82. The Labute approximate surface area is 170 Å². The summed E-state index contributed by atoms with van der Waals surface area (Å²) in [5.41, 5.74) is 1.39. The van der Waals surface area contributed by atoms with E-state index in [1.54, 1.807) is 18.2 Å². The van der Waals surface area contributed by atoms with E-state index < -0.39 is 16.1 Å². The fraction of sp³-hybridized carbons (Fsp3) is 0.316. The molecule has 2 aromatic carbocycles. The van der Waals surface area contributed by atoms with Gasteiger partial charge in [0, 0.05) is 25.3 Å². The smallest absolute Gasteiger partial charge is 0.282 e. The number of carbonyl (C=O) groups excluding carboxylic acids is 1. The summed E-state index contributed by atoms with van der Waals surface area (Å²) in [4.78, 5) is 12.4. The van der Waals surface area contributed by atoms with E-state index in [0.717, 1.165) is 5.56 Å². The molecule has 9 heteroatoms. The Morgan fingerprint density at radius 1 is 1.14 bits per heavy atom. The maximum absolute atomic E-state index is 12.9. The van der Waals surface area contributed by atoms with E-state index in [0.29, 0.717) is 36.0 Å². The number of anilines is 1. The van der Waals surface area contributed by atoms with E-state index in [1.807, 2.05) is 30.3 Å². The number of nitrogens with one attached hydrogen (secondary N) is 1. The molecule has 1 aliphatic heterocycles. The fourth-order valence-electron chi connectivity index (χ4n) is 3.03. The SMILES string of the molecule is COc1ccc(NC(=O)CN2CCCN(Cc3ccccc3)S2(=O)=O)cc1Cl. The van der Waals surface area contributed by atoms with Gasteiger partial charge in [0.05, 0.1) is 18.7 Å². The first kappa shape index (κ1) is 20.6. The molecule has 150 valence electrons. The van der Waals surface area contributed by atoms with Gasteiger partial charge in [-0.3, -0.25) is 4.79 Å². The number of rotatable bonds is 6. The number of methoxy groups -OCH3 is 1. The van der Waals surface area contributed by atoms with E-state index in [2.05, 4.69) is 5.32 Å². The first-order valence-corrected chi connectivity index (χ1v) is 10.6. The van der Waals surface area contributed by atoms with Gasteiger partial charge < -0.3 is 10.1 Å². The van der Waals surface area contributed by atoms with Crippen molar-refractivity contribution in [1.82, 2.24) is 8.61 Å². The lowest BCUT2D eigenvalue weighted by atomic mass is 10.2. The summed E-state index contributed by atoms with van der Waals surface area (Å²) in [6, 6.07) is 14.2. The maximum Gasteiger partial charge on any atom is 0.282 e. The number of amides is 1. The molecule has 0 saturated carbocycles. The Balaban J connectivity index is 1.65. The molecule has 0 bridgehead atoms. The molecule has 0 spiro atoms. The highest BCUT2D eigenvalue weighted by molar-refractivity contribution is 7.86. The second kappa shape index (κ2) is 8.91. The third-order valence-electron chi connectivity index (χ3n) is 4.42. The van der Waals surface area contributed by atoms with Crippen molar-refractivity contribution in [2.45, 2.75) is 13.0 Å². The van der Waals surface area contributed by atoms with Gasteiger partial charge in [-0.1, -0.05) is 41.9 Å². The highest BCUT2D eigenvalue weighted by Crippen LogP contribution is 2.27. The summed E-state index contributed by atoms with van der Waals surface area (Å²) in [5.74, 6) is 0.0706. The summed E-state index contributed by atoms with van der Waals surface area (Å²) in [5, 5.41) is 3.04.